The fourth-order valence-corrected chi connectivity index (χ4v) is 3.88. The van der Waals surface area contributed by atoms with E-state index in [2.05, 4.69) is 15.7 Å². The molecule has 2 amide bonds. The van der Waals surface area contributed by atoms with Gasteiger partial charge in [-0.2, -0.15) is 5.10 Å². The standard InChI is InChI=1S/C17H22N4O4S/c1-8-11-7-13(26-16(11)21(3)20-8)15(23)18-9(2)14(22)19-12(17(24)25)6-10-4-5-10/h7,9-10,12H,4-6H2,1-3H3,(H,18,23)(H,19,22)(H,24,25). The van der Waals surface area contributed by atoms with Gasteiger partial charge in [0.1, 0.15) is 16.9 Å². The number of nitrogens with one attached hydrogen (secondary N) is 2. The minimum atomic E-state index is -1.05. The number of aryl methyl sites for hydroxylation is 2. The Morgan fingerprint density at radius 3 is 2.65 bits per heavy atom. The molecule has 1 aliphatic rings. The van der Waals surface area contributed by atoms with Crippen molar-refractivity contribution in [2.24, 2.45) is 13.0 Å². The average molecular weight is 378 g/mol. The van der Waals surface area contributed by atoms with Gasteiger partial charge < -0.3 is 15.7 Å². The summed E-state index contributed by atoms with van der Waals surface area (Å²) in [6, 6.07) is 0.0236. The number of nitrogens with zero attached hydrogens (tertiary/aromatic N) is 2. The second kappa shape index (κ2) is 7.06. The number of fused-ring (bicyclic) bond motifs is 1. The molecule has 2 atom stereocenters. The highest BCUT2D eigenvalue weighted by Gasteiger charge is 2.31. The third-order valence-electron chi connectivity index (χ3n) is 4.54. The SMILES string of the molecule is Cc1nn(C)c2sc(C(=O)NC(C)C(=O)NC(CC3CC3)C(=O)O)cc12. The van der Waals surface area contributed by atoms with Crippen LogP contribution in [0.2, 0.25) is 0 Å². The number of rotatable bonds is 7. The summed E-state index contributed by atoms with van der Waals surface area (Å²) in [4.78, 5) is 37.4. The van der Waals surface area contributed by atoms with Gasteiger partial charge in [0, 0.05) is 12.4 Å². The lowest BCUT2D eigenvalue weighted by Crippen LogP contribution is -2.50. The van der Waals surface area contributed by atoms with E-state index in [-0.39, 0.29) is 5.91 Å². The smallest absolute Gasteiger partial charge is 0.326 e. The molecule has 2 aromatic heterocycles. The van der Waals surface area contributed by atoms with Gasteiger partial charge in [-0.1, -0.05) is 12.8 Å². The molecule has 0 bridgehead atoms. The van der Waals surface area contributed by atoms with Gasteiger partial charge in [-0.25, -0.2) is 4.79 Å². The predicted molar refractivity (Wildman–Crippen MR) is 97.2 cm³/mol. The largest absolute Gasteiger partial charge is 0.480 e. The highest BCUT2D eigenvalue weighted by atomic mass is 32.1. The first kappa shape index (κ1) is 18.4. The van der Waals surface area contributed by atoms with Crippen LogP contribution in [0.15, 0.2) is 6.07 Å². The summed E-state index contributed by atoms with van der Waals surface area (Å²) in [6.07, 6.45) is 2.45. The first-order valence-electron chi connectivity index (χ1n) is 8.53. The number of aliphatic carboxylic acids is 1. The van der Waals surface area contributed by atoms with Crippen LogP contribution in [0.4, 0.5) is 0 Å². The molecule has 1 saturated carbocycles. The summed E-state index contributed by atoms with van der Waals surface area (Å²) < 4.78 is 1.72. The molecule has 0 spiro atoms. The first-order valence-corrected chi connectivity index (χ1v) is 9.35. The molecule has 8 nitrogen and oxygen atoms in total. The number of carbonyl (C=O) groups is 3. The molecule has 3 N–H and O–H groups in total. The molecule has 26 heavy (non-hydrogen) atoms. The monoisotopic (exact) mass is 378 g/mol. The van der Waals surface area contributed by atoms with E-state index >= 15 is 0 Å². The maximum Gasteiger partial charge on any atom is 0.326 e. The van der Waals surface area contributed by atoms with Crippen molar-refractivity contribution >= 4 is 39.3 Å². The Labute approximate surface area is 154 Å². The van der Waals surface area contributed by atoms with E-state index in [9.17, 15) is 19.5 Å². The van der Waals surface area contributed by atoms with Crippen molar-refractivity contribution < 1.29 is 19.5 Å². The lowest BCUT2D eigenvalue weighted by molar-refractivity contribution is -0.142. The first-order chi connectivity index (χ1) is 12.3. The van der Waals surface area contributed by atoms with E-state index in [0.717, 1.165) is 28.8 Å². The zero-order valence-electron chi connectivity index (χ0n) is 14.9. The summed E-state index contributed by atoms with van der Waals surface area (Å²) in [5.41, 5.74) is 0.841. The summed E-state index contributed by atoms with van der Waals surface area (Å²) in [7, 11) is 1.81. The number of aromatic nitrogens is 2. The maximum atomic E-state index is 12.4. The van der Waals surface area contributed by atoms with E-state index in [1.165, 1.54) is 11.3 Å². The van der Waals surface area contributed by atoms with Crippen LogP contribution in [0.1, 0.15) is 41.6 Å². The van der Waals surface area contributed by atoms with Gasteiger partial charge in [0.25, 0.3) is 5.91 Å². The van der Waals surface area contributed by atoms with Crippen molar-refractivity contribution in [2.75, 3.05) is 0 Å². The fraction of sp³-hybridized carbons (Fsp3) is 0.529. The van der Waals surface area contributed by atoms with Crippen molar-refractivity contribution in [3.63, 3.8) is 0 Å². The Balaban J connectivity index is 1.62. The van der Waals surface area contributed by atoms with Crippen LogP contribution in [0.3, 0.4) is 0 Å². The number of hydrogen-bond donors (Lipinski definition) is 3. The Morgan fingerprint density at radius 1 is 1.38 bits per heavy atom. The summed E-state index contributed by atoms with van der Waals surface area (Å²) >= 11 is 1.30. The highest BCUT2D eigenvalue weighted by Crippen LogP contribution is 2.33. The molecule has 2 heterocycles. The van der Waals surface area contributed by atoms with Crippen LogP contribution in [-0.4, -0.2) is 44.8 Å². The molecular formula is C17H22N4O4S. The highest BCUT2D eigenvalue weighted by molar-refractivity contribution is 7.20. The predicted octanol–water partition coefficient (Wildman–Crippen LogP) is 1.43. The summed E-state index contributed by atoms with van der Waals surface area (Å²) in [5, 5.41) is 19.6. The van der Waals surface area contributed by atoms with Gasteiger partial charge in [-0.05, 0) is 32.3 Å². The Kier molecular flexibility index (Phi) is 4.99. The third-order valence-corrected chi connectivity index (χ3v) is 5.74. The number of hydrogen-bond acceptors (Lipinski definition) is 5. The number of thiophene rings is 1. The van der Waals surface area contributed by atoms with E-state index in [4.69, 9.17) is 0 Å². The molecule has 3 rings (SSSR count). The quantitative estimate of drug-likeness (QED) is 0.674. The minimum Gasteiger partial charge on any atom is -0.480 e. The van der Waals surface area contributed by atoms with Crippen LogP contribution in [0.5, 0.6) is 0 Å². The summed E-state index contributed by atoms with van der Waals surface area (Å²) in [5.74, 6) is -1.53. The molecule has 140 valence electrons. The van der Waals surface area contributed by atoms with Crippen LogP contribution in [-0.2, 0) is 16.6 Å². The third kappa shape index (κ3) is 3.87. The molecule has 0 saturated heterocycles. The van der Waals surface area contributed by atoms with Crippen LogP contribution >= 0.6 is 11.3 Å². The zero-order chi connectivity index (χ0) is 19.0. The van der Waals surface area contributed by atoms with Gasteiger partial charge >= 0.3 is 5.97 Å². The van der Waals surface area contributed by atoms with Crippen molar-refractivity contribution in [3.05, 3.63) is 16.6 Å². The topological polar surface area (TPSA) is 113 Å². The molecule has 0 aliphatic heterocycles. The minimum absolute atomic E-state index is 0.359. The molecule has 0 aromatic carbocycles. The Bertz CT molecular complexity index is 833. The molecule has 2 unspecified atom stereocenters. The van der Waals surface area contributed by atoms with Gasteiger partial charge in [0.05, 0.1) is 10.6 Å². The van der Waals surface area contributed by atoms with Gasteiger partial charge in [0.2, 0.25) is 5.91 Å². The molecule has 1 fully saturated rings. The van der Waals surface area contributed by atoms with E-state index in [1.54, 1.807) is 17.7 Å². The number of carboxylic acids is 1. The second-order valence-electron chi connectivity index (χ2n) is 6.81. The van der Waals surface area contributed by atoms with Crippen LogP contribution in [0.25, 0.3) is 10.2 Å². The summed E-state index contributed by atoms with van der Waals surface area (Å²) in [6.45, 7) is 3.42. The van der Waals surface area contributed by atoms with Crippen LogP contribution in [0, 0.1) is 12.8 Å². The second-order valence-corrected chi connectivity index (χ2v) is 7.84. The number of amides is 2. The van der Waals surface area contributed by atoms with Gasteiger partial charge in [-0.3, -0.25) is 14.3 Å². The maximum absolute atomic E-state index is 12.4. The fourth-order valence-electron chi connectivity index (χ4n) is 2.86. The van der Waals surface area contributed by atoms with Crippen LogP contribution < -0.4 is 10.6 Å². The molecular weight excluding hydrogens is 356 g/mol. The lowest BCUT2D eigenvalue weighted by atomic mass is 10.1. The van der Waals surface area contributed by atoms with Gasteiger partial charge in [0.15, 0.2) is 0 Å². The van der Waals surface area contributed by atoms with Gasteiger partial charge in [-0.15, -0.1) is 11.3 Å². The normalized spacial score (nSPS) is 16.3. The van der Waals surface area contributed by atoms with Crippen molar-refractivity contribution in [1.29, 1.82) is 0 Å². The van der Waals surface area contributed by atoms with Crippen molar-refractivity contribution in [3.8, 4) is 0 Å². The molecule has 1 aliphatic carbocycles. The van der Waals surface area contributed by atoms with Crippen molar-refractivity contribution in [1.82, 2.24) is 20.4 Å². The lowest BCUT2D eigenvalue weighted by Gasteiger charge is -2.18. The average Bonchev–Trinajstić information content (AvgIpc) is 3.19. The van der Waals surface area contributed by atoms with E-state index < -0.39 is 24.0 Å². The molecule has 0 radical (unpaired) electrons. The Hall–Kier alpha value is -2.42. The zero-order valence-corrected chi connectivity index (χ0v) is 15.7. The van der Waals surface area contributed by atoms with E-state index in [1.807, 2.05) is 14.0 Å². The van der Waals surface area contributed by atoms with E-state index in [0.29, 0.717) is 17.2 Å². The Morgan fingerprint density at radius 2 is 2.08 bits per heavy atom. The molecule has 2 aromatic rings. The number of carboxylic acid groups (broad SMARTS) is 1. The number of carbonyl (C=O) groups excluding carboxylic acids is 2. The van der Waals surface area contributed by atoms with Crippen molar-refractivity contribution in [2.45, 2.75) is 45.2 Å². The molecule has 9 heteroatoms.